The smallest absolute Gasteiger partial charge is 0.227 e. The highest BCUT2D eigenvalue weighted by molar-refractivity contribution is 7.80. The van der Waals surface area contributed by atoms with E-state index in [1.54, 1.807) is 0 Å². The summed E-state index contributed by atoms with van der Waals surface area (Å²) in [4.78, 5) is 14.6. The first-order chi connectivity index (χ1) is 9.47. The Morgan fingerprint density at radius 3 is 2.65 bits per heavy atom. The van der Waals surface area contributed by atoms with Crippen LogP contribution in [0.3, 0.4) is 0 Å². The first-order valence-corrected chi connectivity index (χ1v) is 7.18. The molecule has 0 aromatic heterocycles. The molecular formula is C15H20N2O2S. The van der Waals surface area contributed by atoms with E-state index in [4.69, 9.17) is 22.7 Å². The molecule has 2 N–H and O–H groups in total. The lowest BCUT2D eigenvalue weighted by molar-refractivity contribution is -0.142. The highest BCUT2D eigenvalue weighted by atomic mass is 32.1. The first-order valence-electron chi connectivity index (χ1n) is 6.77. The zero-order valence-corrected chi connectivity index (χ0v) is 12.7. The molecule has 2 rings (SSSR count). The molecular weight excluding hydrogens is 272 g/mol. The van der Waals surface area contributed by atoms with E-state index in [0.29, 0.717) is 24.6 Å². The molecule has 1 saturated heterocycles. The molecule has 2 atom stereocenters. The zero-order valence-electron chi connectivity index (χ0n) is 11.8. The monoisotopic (exact) mass is 292 g/mol. The van der Waals surface area contributed by atoms with E-state index in [9.17, 15) is 4.79 Å². The Labute approximate surface area is 124 Å². The fourth-order valence-electron chi connectivity index (χ4n) is 2.31. The number of morpholine rings is 1. The average molecular weight is 292 g/mol. The topological polar surface area (TPSA) is 55.6 Å². The fraction of sp³-hybridized carbons (Fsp3) is 0.467. The normalized spacial score (nSPS) is 22.6. The molecule has 1 aromatic rings. The summed E-state index contributed by atoms with van der Waals surface area (Å²) in [5, 5.41) is 0. The largest absolute Gasteiger partial charge is 0.389 e. The fourth-order valence-corrected chi connectivity index (χ4v) is 2.45. The second-order valence-corrected chi connectivity index (χ2v) is 5.72. The van der Waals surface area contributed by atoms with Gasteiger partial charge in [-0.3, -0.25) is 4.79 Å². The zero-order chi connectivity index (χ0) is 14.7. The number of nitrogens with zero attached hydrogens (tertiary/aromatic N) is 1. The van der Waals surface area contributed by atoms with Crippen molar-refractivity contribution in [2.24, 2.45) is 5.73 Å². The van der Waals surface area contributed by atoms with Crippen LogP contribution in [0.1, 0.15) is 25.0 Å². The second kappa shape index (κ2) is 6.33. The van der Waals surface area contributed by atoms with Gasteiger partial charge in [-0.2, -0.15) is 0 Å². The Kier molecular flexibility index (Phi) is 4.73. The van der Waals surface area contributed by atoms with Crippen LogP contribution in [0, 0.1) is 0 Å². The Morgan fingerprint density at radius 1 is 1.40 bits per heavy atom. The Bertz CT molecular complexity index is 501. The number of carbonyl (C=O) groups excluding carboxylic acids is 1. The van der Waals surface area contributed by atoms with Gasteiger partial charge in [0.05, 0.1) is 25.2 Å². The van der Waals surface area contributed by atoms with E-state index in [-0.39, 0.29) is 18.1 Å². The van der Waals surface area contributed by atoms with Gasteiger partial charge in [-0.25, -0.2) is 0 Å². The average Bonchev–Trinajstić information content (AvgIpc) is 2.42. The molecule has 0 aliphatic carbocycles. The third-order valence-corrected chi connectivity index (χ3v) is 3.76. The van der Waals surface area contributed by atoms with Crippen molar-refractivity contribution in [3.05, 3.63) is 35.4 Å². The quantitative estimate of drug-likeness (QED) is 0.858. The highest BCUT2D eigenvalue weighted by Crippen LogP contribution is 2.14. The van der Waals surface area contributed by atoms with E-state index in [2.05, 4.69) is 0 Å². The molecule has 1 aliphatic rings. The predicted molar refractivity (Wildman–Crippen MR) is 82.6 cm³/mol. The number of hydrogen-bond donors (Lipinski definition) is 1. The number of benzene rings is 1. The van der Waals surface area contributed by atoms with E-state index in [0.717, 1.165) is 11.1 Å². The molecule has 2 unspecified atom stereocenters. The molecule has 1 amide bonds. The van der Waals surface area contributed by atoms with E-state index < -0.39 is 0 Å². The predicted octanol–water partition coefficient (Wildman–Crippen LogP) is 1.50. The Hall–Kier alpha value is -1.46. The second-order valence-electron chi connectivity index (χ2n) is 5.28. The van der Waals surface area contributed by atoms with Gasteiger partial charge in [0.1, 0.15) is 4.99 Å². The summed E-state index contributed by atoms with van der Waals surface area (Å²) in [5.74, 6) is 0.135. The van der Waals surface area contributed by atoms with Crippen molar-refractivity contribution < 1.29 is 9.53 Å². The van der Waals surface area contributed by atoms with Gasteiger partial charge in [0, 0.05) is 12.1 Å². The summed E-state index contributed by atoms with van der Waals surface area (Å²) in [7, 11) is 0. The maximum Gasteiger partial charge on any atom is 0.227 e. The molecule has 0 saturated carbocycles. The minimum atomic E-state index is 0.104. The molecule has 0 radical (unpaired) electrons. The lowest BCUT2D eigenvalue weighted by Gasteiger charge is -2.37. The van der Waals surface area contributed by atoms with Crippen molar-refractivity contribution in [3.8, 4) is 0 Å². The van der Waals surface area contributed by atoms with Crippen LogP contribution < -0.4 is 5.73 Å². The number of amides is 1. The first kappa shape index (κ1) is 14.9. The highest BCUT2D eigenvalue weighted by Gasteiger charge is 2.27. The standard InChI is InChI=1S/C15H20N2O2S/c1-10-9-19-11(2)8-17(10)14(18)7-12-3-5-13(6-4-12)15(16)20/h3-6,10-11H,7-9H2,1-2H3,(H2,16,20). The molecule has 1 heterocycles. The van der Waals surface area contributed by atoms with Crippen LogP contribution >= 0.6 is 12.2 Å². The lowest BCUT2D eigenvalue weighted by Crippen LogP contribution is -2.50. The van der Waals surface area contributed by atoms with Crippen LogP contribution in [0.4, 0.5) is 0 Å². The Morgan fingerprint density at radius 2 is 2.05 bits per heavy atom. The van der Waals surface area contributed by atoms with Crippen LogP contribution in [0.5, 0.6) is 0 Å². The van der Waals surface area contributed by atoms with Crippen LogP contribution in [-0.2, 0) is 16.0 Å². The van der Waals surface area contributed by atoms with Gasteiger partial charge in [0.25, 0.3) is 0 Å². The molecule has 108 valence electrons. The minimum absolute atomic E-state index is 0.104. The van der Waals surface area contributed by atoms with Crippen LogP contribution in [0.25, 0.3) is 0 Å². The van der Waals surface area contributed by atoms with Gasteiger partial charge >= 0.3 is 0 Å². The molecule has 1 aliphatic heterocycles. The molecule has 20 heavy (non-hydrogen) atoms. The number of rotatable bonds is 3. The number of carbonyl (C=O) groups is 1. The Balaban J connectivity index is 2.01. The van der Waals surface area contributed by atoms with Gasteiger partial charge in [-0.05, 0) is 19.4 Å². The minimum Gasteiger partial charge on any atom is -0.389 e. The van der Waals surface area contributed by atoms with Gasteiger partial charge in [-0.15, -0.1) is 0 Å². The molecule has 5 heteroatoms. The third-order valence-electron chi connectivity index (χ3n) is 3.52. The maximum atomic E-state index is 12.4. The molecule has 1 fully saturated rings. The van der Waals surface area contributed by atoms with Crippen molar-refractivity contribution in [1.29, 1.82) is 0 Å². The molecule has 4 nitrogen and oxygen atoms in total. The SMILES string of the molecule is CC1CN(C(=O)Cc2ccc(C(N)=S)cc2)C(C)CO1. The van der Waals surface area contributed by atoms with Crippen molar-refractivity contribution in [2.75, 3.05) is 13.2 Å². The van der Waals surface area contributed by atoms with Gasteiger partial charge < -0.3 is 15.4 Å². The summed E-state index contributed by atoms with van der Waals surface area (Å²) in [6, 6.07) is 7.66. The summed E-state index contributed by atoms with van der Waals surface area (Å²) in [6.45, 7) is 5.27. The van der Waals surface area contributed by atoms with Crippen molar-refractivity contribution in [3.63, 3.8) is 0 Å². The van der Waals surface area contributed by atoms with Crippen molar-refractivity contribution in [1.82, 2.24) is 4.90 Å². The lowest BCUT2D eigenvalue weighted by atomic mass is 10.1. The number of ether oxygens (including phenoxy) is 1. The van der Waals surface area contributed by atoms with Crippen molar-refractivity contribution >= 4 is 23.1 Å². The number of hydrogen-bond acceptors (Lipinski definition) is 3. The van der Waals surface area contributed by atoms with Gasteiger partial charge in [0.15, 0.2) is 0 Å². The molecule has 1 aromatic carbocycles. The summed E-state index contributed by atoms with van der Waals surface area (Å²) >= 11 is 4.91. The summed E-state index contributed by atoms with van der Waals surface area (Å²) in [6.07, 6.45) is 0.501. The third kappa shape index (κ3) is 3.55. The maximum absolute atomic E-state index is 12.4. The van der Waals surface area contributed by atoms with E-state index in [1.807, 2.05) is 43.0 Å². The number of thiocarbonyl (C=S) groups is 1. The van der Waals surface area contributed by atoms with E-state index in [1.165, 1.54) is 0 Å². The van der Waals surface area contributed by atoms with Gasteiger partial charge in [0.2, 0.25) is 5.91 Å². The number of nitrogens with two attached hydrogens (primary N) is 1. The van der Waals surface area contributed by atoms with Crippen LogP contribution in [0.2, 0.25) is 0 Å². The van der Waals surface area contributed by atoms with Crippen LogP contribution in [-0.4, -0.2) is 41.1 Å². The van der Waals surface area contributed by atoms with Crippen molar-refractivity contribution in [2.45, 2.75) is 32.4 Å². The molecule has 0 bridgehead atoms. The van der Waals surface area contributed by atoms with Crippen LogP contribution in [0.15, 0.2) is 24.3 Å². The summed E-state index contributed by atoms with van der Waals surface area (Å²) < 4.78 is 5.54. The van der Waals surface area contributed by atoms with Gasteiger partial charge in [-0.1, -0.05) is 36.5 Å². The molecule has 0 spiro atoms. The summed E-state index contributed by atoms with van der Waals surface area (Å²) in [5.41, 5.74) is 7.35. The van der Waals surface area contributed by atoms with E-state index >= 15 is 0 Å².